The van der Waals surface area contributed by atoms with Crippen molar-refractivity contribution in [1.82, 2.24) is 4.98 Å². The summed E-state index contributed by atoms with van der Waals surface area (Å²) in [6.45, 7) is 9.41. The van der Waals surface area contributed by atoms with Crippen LogP contribution < -0.4 is 9.64 Å². The van der Waals surface area contributed by atoms with Crippen LogP contribution in [0, 0.1) is 13.8 Å². The molecule has 158 valence electrons. The molecule has 0 spiro atoms. The van der Waals surface area contributed by atoms with Gasteiger partial charge in [0.05, 0.1) is 29.0 Å². The maximum atomic E-state index is 13.5. The summed E-state index contributed by atoms with van der Waals surface area (Å²) in [5.41, 5.74) is 3.93. The summed E-state index contributed by atoms with van der Waals surface area (Å²) >= 11 is 1.57. The standard InChI is InChI=1S/C24H28N2O3S/c1-15(2)29-19-9-7-18(8-10-19)23(27)26(14-20-6-5-11-28-20)24-25-21-13-16(3)12-17(4)22(21)30-24/h7-10,12-13,15,20H,5-6,11,14H2,1-4H3. The predicted octanol–water partition coefficient (Wildman–Crippen LogP) is 5.53. The van der Waals surface area contributed by atoms with Gasteiger partial charge < -0.3 is 9.47 Å². The molecule has 1 aliphatic heterocycles. The number of ether oxygens (including phenoxy) is 2. The van der Waals surface area contributed by atoms with Gasteiger partial charge in [0.25, 0.3) is 5.91 Å². The van der Waals surface area contributed by atoms with Crippen molar-refractivity contribution in [3.8, 4) is 5.75 Å². The fraction of sp³-hybridized carbons (Fsp3) is 0.417. The number of aryl methyl sites for hydroxylation is 2. The van der Waals surface area contributed by atoms with Gasteiger partial charge in [-0.15, -0.1) is 0 Å². The summed E-state index contributed by atoms with van der Waals surface area (Å²) in [5, 5.41) is 0.724. The zero-order chi connectivity index (χ0) is 21.3. The number of hydrogen-bond donors (Lipinski definition) is 0. The number of carbonyl (C=O) groups is 1. The Balaban J connectivity index is 1.67. The number of benzene rings is 2. The first-order valence-corrected chi connectivity index (χ1v) is 11.3. The van der Waals surface area contributed by atoms with Gasteiger partial charge >= 0.3 is 0 Å². The van der Waals surface area contributed by atoms with Crippen LogP contribution in [0.15, 0.2) is 36.4 Å². The van der Waals surface area contributed by atoms with Crippen LogP contribution in [0.4, 0.5) is 5.13 Å². The third kappa shape index (κ3) is 4.50. The fourth-order valence-electron chi connectivity index (χ4n) is 3.82. The van der Waals surface area contributed by atoms with Crippen molar-refractivity contribution in [2.75, 3.05) is 18.1 Å². The summed E-state index contributed by atoms with van der Waals surface area (Å²) in [7, 11) is 0. The monoisotopic (exact) mass is 424 g/mol. The minimum absolute atomic E-state index is 0.0485. The van der Waals surface area contributed by atoms with Crippen molar-refractivity contribution in [2.24, 2.45) is 0 Å². The fourth-order valence-corrected chi connectivity index (χ4v) is 4.85. The van der Waals surface area contributed by atoms with Crippen LogP contribution in [0.1, 0.15) is 48.2 Å². The van der Waals surface area contributed by atoms with Crippen LogP contribution >= 0.6 is 11.3 Å². The molecule has 1 saturated heterocycles. The van der Waals surface area contributed by atoms with Gasteiger partial charge in [-0.1, -0.05) is 17.4 Å². The Hall–Kier alpha value is -2.44. The molecule has 30 heavy (non-hydrogen) atoms. The lowest BCUT2D eigenvalue weighted by atomic mass is 10.1. The van der Waals surface area contributed by atoms with Crippen LogP contribution in [0.3, 0.4) is 0 Å². The maximum Gasteiger partial charge on any atom is 0.260 e. The summed E-state index contributed by atoms with van der Waals surface area (Å²) in [5.74, 6) is 0.702. The van der Waals surface area contributed by atoms with Crippen molar-refractivity contribution in [2.45, 2.75) is 52.7 Å². The average molecular weight is 425 g/mol. The highest BCUT2D eigenvalue weighted by Gasteiger charge is 2.27. The second-order valence-electron chi connectivity index (χ2n) is 8.17. The number of thiazole rings is 1. The van der Waals surface area contributed by atoms with E-state index in [1.165, 1.54) is 11.1 Å². The zero-order valence-corrected chi connectivity index (χ0v) is 18.8. The second kappa shape index (κ2) is 8.74. The molecule has 5 nitrogen and oxygen atoms in total. The molecule has 2 heterocycles. The molecule has 0 saturated carbocycles. The van der Waals surface area contributed by atoms with Crippen molar-refractivity contribution < 1.29 is 14.3 Å². The van der Waals surface area contributed by atoms with Gasteiger partial charge in [-0.3, -0.25) is 9.69 Å². The molecular weight excluding hydrogens is 396 g/mol. The number of amides is 1. The molecule has 1 aliphatic rings. The first-order valence-electron chi connectivity index (χ1n) is 10.5. The first kappa shape index (κ1) is 20.8. The lowest BCUT2D eigenvalue weighted by Gasteiger charge is -2.23. The molecule has 1 fully saturated rings. The molecule has 0 bridgehead atoms. The molecule has 6 heteroatoms. The average Bonchev–Trinajstić information content (AvgIpc) is 3.35. The number of carbonyl (C=O) groups excluding carboxylic acids is 1. The van der Waals surface area contributed by atoms with E-state index in [9.17, 15) is 4.79 Å². The quantitative estimate of drug-likeness (QED) is 0.522. The predicted molar refractivity (Wildman–Crippen MR) is 122 cm³/mol. The van der Waals surface area contributed by atoms with E-state index in [0.29, 0.717) is 12.1 Å². The van der Waals surface area contributed by atoms with E-state index in [2.05, 4.69) is 26.0 Å². The summed E-state index contributed by atoms with van der Waals surface area (Å²) in [6, 6.07) is 11.6. The number of aromatic nitrogens is 1. The van der Waals surface area contributed by atoms with E-state index in [4.69, 9.17) is 14.5 Å². The lowest BCUT2D eigenvalue weighted by Crippen LogP contribution is -2.37. The van der Waals surface area contributed by atoms with Crippen LogP contribution in [0.2, 0.25) is 0 Å². The largest absolute Gasteiger partial charge is 0.491 e. The number of rotatable bonds is 6. The van der Waals surface area contributed by atoms with Crippen molar-refractivity contribution in [1.29, 1.82) is 0 Å². The Kier molecular flexibility index (Phi) is 6.06. The number of nitrogens with zero attached hydrogens (tertiary/aromatic N) is 2. The van der Waals surface area contributed by atoms with E-state index >= 15 is 0 Å². The van der Waals surface area contributed by atoms with Gasteiger partial charge in [0.1, 0.15) is 5.75 Å². The molecule has 0 N–H and O–H groups in total. The SMILES string of the molecule is Cc1cc(C)c2sc(N(CC3CCCO3)C(=O)c3ccc(OC(C)C)cc3)nc2c1. The van der Waals surface area contributed by atoms with E-state index in [0.717, 1.165) is 40.5 Å². The number of anilines is 1. The summed E-state index contributed by atoms with van der Waals surface area (Å²) in [4.78, 5) is 20.1. The third-order valence-electron chi connectivity index (χ3n) is 5.17. The van der Waals surface area contributed by atoms with Crippen LogP contribution in [0.25, 0.3) is 10.2 Å². The Morgan fingerprint density at radius 2 is 2.03 bits per heavy atom. The van der Waals surface area contributed by atoms with Gasteiger partial charge in [0.2, 0.25) is 0 Å². The van der Waals surface area contributed by atoms with Crippen LogP contribution in [-0.2, 0) is 4.74 Å². The van der Waals surface area contributed by atoms with Crippen molar-refractivity contribution in [3.63, 3.8) is 0 Å². The van der Waals surface area contributed by atoms with Crippen LogP contribution in [0.5, 0.6) is 5.75 Å². The van der Waals surface area contributed by atoms with Gasteiger partial charge in [-0.2, -0.15) is 0 Å². The molecule has 0 aliphatic carbocycles. The molecule has 0 radical (unpaired) electrons. The normalized spacial score (nSPS) is 16.4. The highest BCUT2D eigenvalue weighted by Crippen LogP contribution is 2.33. The Morgan fingerprint density at radius 1 is 1.27 bits per heavy atom. The van der Waals surface area contributed by atoms with Crippen molar-refractivity contribution in [3.05, 3.63) is 53.1 Å². The van der Waals surface area contributed by atoms with Gasteiger partial charge in [-0.25, -0.2) is 4.98 Å². The van der Waals surface area contributed by atoms with Gasteiger partial charge in [0.15, 0.2) is 5.13 Å². The van der Waals surface area contributed by atoms with E-state index in [1.54, 1.807) is 16.2 Å². The topological polar surface area (TPSA) is 51.7 Å². The molecule has 2 aromatic carbocycles. The highest BCUT2D eigenvalue weighted by atomic mass is 32.1. The van der Waals surface area contributed by atoms with E-state index in [-0.39, 0.29) is 18.1 Å². The minimum atomic E-state index is -0.0602. The Morgan fingerprint density at radius 3 is 2.70 bits per heavy atom. The molecule has 1 amide bonds. The molecule has 1 unspecified atom stereocenters. The van der Waals surface area contributed by atoms with Crippen LogP contribution in [-0.4, -0.2) is 36.3 Å². The Labute approximate surface area is 181 Å². The molecule has 1 atom stereocenters. The molecule has 4 rings (SSSR count). The minimum Gasteiger partial charge on any atom is -0.491 e. The number of hydrogen-bond acceptors (Lipinski definition) is 5. The van der Waals surface area contributed by atoms with E-state index in [1.807, 2.05) is 38.1 Å². The summed E-state index contributed by atoms with van der Waals surface area (Å²) < 4.78 is 12.7. The smallest absolute Gasteiger partial charge is 0.260 e. The van der Waals surface area contributed by atoms with Gasteiger partial charge in [-0.05, 0) is 82.0 Å². The highest BCUT2D eigenvalue weighted by molar-refractivity contribution is 7.22. The zero-order valence-electron chi connectivity index (χ0n) is 18.0. The lowest BCUT2D eigenvalue weighted by molar-refractivity contribution is 0.0917. The summed E-state index contributed by atoms with van der Waals surface area (Å²) in [6.07, 6.45) is 2.14. The van der Waals surface area contributed by atoms with Crippen molar-refractivity contribution >= 4 is 32.6 Å². The number of fused-ring (bicyclic) bond motifs is 1. The second-order valence-corrected chi connectivity index (χ2v) is 9.15. The third-order valence-corrected chi connectivity index (χ3v) is 6.40. The molecule has 3 aromatic rings. The van der Waals surface area contributed by atoms with E-state index < -0.39 is 0 Å². The Bertz CT molecular complexity index is 1040. The molecular formula is C24H28N2O3S. The first-order chi connectivity index (χ1) is 14.4. The maximum absolute atomic E-state index is 13.5. The molecule has 1 aromatic heterocycles. The van der Waals surface area contributed by atoms with Gasteiger partial charge in [0, 0.05) is 12.2 Å².